The zero-order valence-corrected chi connectivity index (χ0v) is 28.0. The molecule has 0 bridgehead atoms. The van der Waals surface area contributed by atoms with Crippen LogP contribution in [0.2, 0.25) is 0 Å². The number of rotatable bonds is 3. The molecular formula is C48H28N4. The van der Waals surface area contributed by atoms with E-state index in [-0.39, 0.29) is 0 Å². The van der Waals surface area contributed by atoms with E-state index in [2.05, 4.69) is 179 Å². The summed E-state index contributed by atoms with van der Waals surface area (Å²) in [5.41, 5.74) is 11.9. The molecule has 0 saturated carbocycles. The molecule has 8 aromatic carbocycles. The average molecular weight is 661 g/mol. The van der Waals surface area contributed by atoms with Crippen molar-refractivity contribution < 1.29 is 0 Å². The lowest BCUT2D eigenvalue weighted by atomic mass is 10.0. The van der Waals surface area contributed by atoms with E-state index in [1.807, 2.05) is 0 Å². The summed E-state index contributed by atoms with van der Waals surface area (Å²) in [7, 11) is 0. The van der Waals surface area contributed by atoms with Crippen LogP contribution in [-0.2, 0) is 0 Å². The molecule has 4 heteroatoms. The minimum atomic E-state index is 0.822. The number of aromatic nitrogens is 4. The Hall–Kier alpha value is -7.04. The van der Waals surface area contributed by atoms with Gasteiger partial charge in [-0.2, -0.15) is 0 Å². The summed E-state index contributed by atoms with van der Waals surface area (Å²) in [5.74, 6) is 0.822. The molecule has 4 aromatic heterocycles. The summed E-state index contributed by atoms with van der Waals surface area (Å²) in [4.78, 5) is 11.0. The summed E-state index contributed by atoms with van der Waals surface area (Å²) >= 11 is 0. The van der Waals surface area contributed by atoms with Crippen molar-refractivity contribution >= 4 is 81.7 Å². The van der Waals surface area contributed by atoms with Crippen LogP contribution in [0.15, 0.2) is 170 Å². The number of hydrogen-bond donors (Lipinski definition) is 0. The van der Waals surface area contributed by atoms with Gasteiger partial charge in [0.15, 0.2) is 5.82 Å². The van der Waals surface area contributed by atoms with Crippen molar-refractivity contribution in [2.24, 2.45) is 0 Å². The Bertz CT molecular complexity index is 3390. The first-order valence-corrected chi connectivity index (χ1v) is 17.8. The van der Waals surface area contributed by atoms with Crippen molar-refractivity contribution in [2.45, 2.75) is 0 Å². The molecule has 0 spiro atoms. The quantitative estimate of drug-likeness (QED) is 0.177. The molecule has 4 heterocycles. The van der Waals surface area contributed by atoms with Crippen LogP contribution in [0.3, 0.4) is 0 Å². The zero-order valence-electron chi connectivity index (χ0n) is 28.0. The smallest absolute Gasteiger partial charge is 0.165 e. The van der Waals surface area contributed by atoms with E-state index in [0.29, 0.717) is 0 Å². The summed E-state index contributed by atoms with van der Waals surface area (Å²) in [6.07, 6.45) is 0. The third-order valence-corrected chi connectivity index (χ3v) is 11.0. The van der Waals surface area contributed by atoms with E-state index in [1.54, 1.807) is 0 Å². The Balaban J connectivity index is 1.24. The maximum Gasteiger partial charge on any atom is 0.165 e. The van der Waals surface area contributed by atoms with Crippen molar-refractivity contribution in [3.63, 3.8) is 0 Å². The Morgan fingerprint density at radius 3 is 1.81 bits per heavy atom. The molecule has 4 nitrogen and oxygen atoms in total. The van der Waals surface area contributed by atoms with Gasteiger partial charge in [-0.05, 0) is 69.8 Å². The SMILES string of the molecule is c1ccc(-c2ccc3cc4nc(-c5ccccc5)c(-n5c6cccc7c8cccc9c%10ccccc%10n(c%10cccc5c%10c76)c89)nc4cc3c2)cc1. The van der Waals surface area contributed by atoms with Gasteiger partial charge in [-0.1, -0.05) is 127 Å². The second-order valence-corrected chi connectivity index (χ2v) is 13.8. The highest BCUT2D eigenvalue weighted by Crippen LogP contribution is 2.45. The van der Waals surface area contributed by atoms with Crippen LogP contribution in [0.25, 0.3) is 110 Å². The minimum absolute atomic E-state index is 0.822. The first-order valence-electron chi connectivity index (χ1n) is 17.8. The Kier molecular flexibility index (Phi) is 5.47. The van der Waals surface area contributed by atoms with Crippen LogP contribution in [0.4, 0.5) is 0 Å². The third-order valence-electron chi connectivity index (χ3n) is 11.0. The average Bonchev–Trinajstić information content (AvgIpc) is 3.69. The highest BCUT2D eigenvalue weighted by molar-refractivity contribution is 6.31. The van der Waals surface area contributed by atoms with Crippen molar-refractivity contribution in [1.82, 2.24) is 18.9 Å². The van der Waals surface area contributed by atoms with Crippen LogP contribution in [0, 0.1) is 0 Å². The monoisotopic (exact) mass is 660 g/mol. The lowest BCUT2D eigenvalue weighted by Crippen LogP contribution is -2.04. The molecular weight excluding hydrogens is 633 g/mol. The van der Waals surface area contributed by atoms with Crippen LogP contribution in [0.5, 0.6) is 0 Å². The van der Waals surface area contributed by atoms with Crippen molar-refractivity contribution in [3.8, 4) is 28.2 Å². The van der Waals surface area contributed by atoms with Crippen LogP contribution in [-0.4, -0.2) is 18.9 Å². The molecule has 52 heavy (non-hydrogen) atoms. The van der Waals surface area contributed by atoms with E-state index in [9.17, 15) is 0 Å². The first-order chi connectivity index (χ1) is 25.8. The molecule has 0 aliphatic heterocycles. The number of nitrogens with zero attached hydrogens (tertiary/aromatic N) is 4. The van der Waals surface area contributed by atoms with E-state index in [4.69, 9.17) is 9.97 Å². The summed E-state index contributed by atoms with van der Waals surface area (Å²) in [5, 5.41) is 9.75. The van der Waals surface area contributed by atoms with Crippen molar-refractivity contribution in [1.29, 1.82) is 0 Å². The minimum Gasteiger partial charge on any atom is -0.308 e. The fraction of sp³-hybridized carbons (Fsp3) is 0. The van der Waals surface area contributed by atoms with Gasteiger partial charge in [-0.3, -0.25) is 4.57 Å². The van der Waals surface area contributed by atoms with Crippen LogP contribution >= 0.6 is 0 Å². The molecule has 0 fully saturated rings. The summed E-state index contributed by atoms with van der Waals surface area (Å²) in [6.45, 7) is 0. The molecule has 0 saturated heterocycles. The van der Waals surface area contributed by atoms with Gasteiger partial charge in [0.05, 0.1) is 38.6 Å². The molecule has 0 atom stereocenters. The van der Waals surface area contributed by atoms with Gasteiger partial charge in [0, 0.05) is 32.5 Å². The third kappa shape index (κ3) is 3.70. The highest BCUT2D eigenvalue weighted by Gasteiger charge is 2.24. The lowest BCUT2D eigenvalue weighted by molar-refractivity contribution is 1.08. The van der Waals surface area contributed by atoms with Gasteiger partial charge in [0.25, 0.3) is 0 Å². The number of fused-ring (bicyclic) bond motifs is 7. The Labute approximate surface area is 297 Å². The zero-order chi connectivity index (χ0) is 33.9. The molecule has 0 aliphatic carbocycles. The summed E-state index contributed by atoms with van der Waals surface area (Å²) < 4.78 is 4.83. The Morgan fingerprint density at radius 1 is 0.365 bits per heavy atom. The van der Waals surface area contributed by atoms with Crippen molar-refractivity contribution in [3.05, 3.63) is 170 Å². The molecule has 12 rings (SSSR count). The topological polar surface area (TPSA) is 35.1 Å². The van der Waals surface area contributed by atoms with Crippen LogP contribution < -0.4 is 0 Å². The van der Waals surface area contributed by atoms with Crippen LogP contribution in [0.1, 0.15) is 0 Å². The van der Waals surface area contributed by atoms with Gasteiger partial charge in [-0.25, -0.2) is 9.97 Å². The standard InChI is InChI=1S/C48H28N4/c1-3-12-29(13-4-1)31-24-25-32-27-38-39(28-33(32)26-31)50-48(46(49-38)30-14-5-2-6-15-30)52-41-21-10-17-35-37-19-9-18-36-34-16-7-8-20-40(34)51(47(36)37)42-22-11-23-43(52)45(42)44(35)41/h1-28H. The predicted octanol–water partition coefficient (Wildman–Crippen LogP) is 12.4. The molecule has 0 N–H and O–H groups in total. The van der Waals surface area contributed by atoms with Gasteiger partial charge in [0.1, 0.15) is 5.69 Å². The maximum atomic E-state index is 5.57. The van der Waals surface area contributed by atoms with E-state index in [1.165, 1.54) is 60.0 Å². The largest absolute Gasteiger partial charge is 0.308 e. The normalized spacial score (nSPS) is 12.2. The highest BCUT2D eigenvalue weighted by atomic mass is 15.1. The maximum absolute atomic E-state index is 5.57. The molecule has 0 aliphatic rings. The molecule has 0 radical (unpaired) electrons. The molecule has 12 aromatic rings. The van der Waals surface area contributed by atoms with E-state index >= 15 is 0 Å². The molecule has 0 amide bonds. The number of hydrogen-bond acceptors (Lipinski definition) is 2. The van der Waals surface area contributed by atoms with Crippen molar-refractivity contribution in [2.75, 3.05) is 0 Å². The molecule has 240 valence electrons. The molecule has 0 unspecified atom stereocenters. The first kappa shape index (κ1) is 27.7. The van der Waals surface area contributed by atoms with Gasteiger partial charge in [-0.15, -0.1) is 0 Å². The van der Waals surface area contributed by atoms with Gasteiger partial charge >= 0.3 is 0 Å². The second kappa shape index (κ2) is 10.3. The van der Waals surface area contributed by atoms with Gasteiger partial charge < -0.3 is 4.40 Å². The fourth-order valence-electron chi connectivity index (χ4n) is 8.76. The predicted molar refractivity (Wildman–Crippen MR) is 217 cm³/mol. The second-order valence-electron chi connectivity index (χ2n) is 13.8. The summed E-state index contributed by atoms with van der Waals surface area (Å²) in [6, 6.07) is 61.0. The number of para-hydroxylation sites is 2. The lowest BCUT2D eigenvalue weighted by Gasteiger charge is -2.15. The fourth-order valence-corrected chi connectivity index (χ4v) is 8.76. The Morgan fingerprint density at radius 2 is 0.962 bits per heavy atom. The van der Waals surface area contributed by atoms with E-state index in [0.717, 1.165) is 49.9 Å². The number of benzene rings is 8. The van der Waals surface area contributed by atoms with E-state index < -0.39 is 0 Å². The van der Waals surface area contributed by atoms with Gasteiger partial charge in [0.2, 0.25) is 0 Å².